The lowest BCUT2D eigenvalue weighted by molar-refractivity contribution is -0.127. The van der Waals surface area contributed by atoms with Gasteiger partial charge in [-0.15, -0.1) is 11.3 Å². The number of benzene rings is 2. The molecule has 9 nitrogen and oxygen atoms in total. The minimum atomic E-state index is -0.783. The van der Waals surface area contributed by atoms with E-state index in [1.54, 1.807) is 11.2 Å². The predicted octanol–water partition coefficient (Wildman–Crippen LogP) is 6.77. The normalized spacial score (nSPS) is 14.6. The van der Waals surface area contributed by atoms with Gasteiger partial charge < -0.3 is 18.9 Å². The number of fused-ring (bicyclic) bond motifs is 3. The van der Waals surface area contributed by atoms with E-state index in [0.717, 1.165) is 38.4 Å². The molecule has 0 saturated heterocycles. The number of thiophene rings is 1. The lowest BCUT2D eigenvalue weighted by Gasteiger charge is -2.31. The van der Waals surface area contributed by atoms with Crippen LogP contribution in [0.1, 0.15) is 18.7 Å². The smallest absolute Gasteiger partial charge is 0.246 e. The number of amides is 1. The SMILES string of the molecule is C=CC(=O)N1Cc2cc(-c3nc(-c4ccc5ncn(C)c5c4)c4ccsc4c3-c3c(F)cc(F)cc3OCCOC)nn2C(C)C1. The van der Waals surface area contributed by atoms with Crippen molar-refractivity contribution in [2.75, 3.05) is 26.9 Å². The van der Waals surface area contributed by atoms with Gasteiger partial charge in [-0.25, -0.2) is 18.7 Å². The average molecular weight is 641 g/mol. The molecule has 1 aliphatic heterocycles. The van der Waals surface area contributed by atoms with Gasteiger partial charge in [0.15, 0.2) is 0 Å². The number of hydrogen-bond acceptors (Lipinski definition) is 7. The van der Waals surface area contributed by atoms with Crippen molar-refractivity contribution in [3.63, 3.8) is 0 Å². The summed E-state index contributed by atoms with van der Waals surface area (Å²) in [6.07, 6.45) is 3.06. The molecule has 4 aromatic heterocycles. The Morgan fingerprint density at radius 1 is 1.13 bits per heavy atom. The molecule has 2 aromatic carbocycles. The maximum atomic E-state index is 16.0. The van der Waals surface area contributed by atoms with Crippen molar-refractivity contribution in [1.29, 1.82) is 0 Å². The van der Waals surface area contributed by atoms with Crippen molar-refractivity contribution in [3.8, 4) is 39.5 Å². The van der Waals surface area contributed by atoms with Crippen LogP contribution in [0.4, 0.5) is 8.78 Å². The van der Waals surface area contributed by atoms with Gasteiger partial charge in [0.05, 0.1) is 53.5 Å². The van der Waals surface area contributed by atoms with Gasteiger partial charge >= 0.3 is 0 Å². The van der Waals surface area contributed by atoms with Gasteiger partial charge in [0.25, 0.3) is 0 Å². The predicted molar refractivity (Wildman–Crippen MR) is 174 cm³/mol. The number of ether oxygens (including phenoxy) is 2. The van der Waals surface area contributed by atoms with E-state index in [4.69, 9.17) is 19.6 Å². The van der Waals surface area contributed by atoms with Crippen LogP contribution >= 0.6 is 11.3 Å². The van der Waals surface area contributed by atoms with E-state index in [0.29, 0.717) is 35.7 Å². The van der Waals surface area contributed by atoms with Gasteiger partial charge in [0.2, 0.25) is 5.91 Å². The quantitative estimate of drug-likeness (QED) is 0.135. The van der Waals surface area contributed by atoms with Crippen molar-refractivity contribution in [2.45, 2.75) is 19.5 Å². The summed E-state index contributed by atoms with van der Waals surface area (Å²) in [5.41, 5.74) is 5.56. The fraction of sp³-hybridized carbons (Fsp3) is 0.235. The van der Waals surface area contributed by atoms with E-state index >= 15 is 4.39 Å². The summed E-state index contributed by atoms with van der Waals surface area (Å²) >= 11 is 1.43. The van der Waals surface area contributed by atoms with Gasteiger partial charge in [0, 0.05) is 54.0 Å². The monoisotopic (exact) mass is 640 g/mol. The minimum absolute atomic E-state index is 0.0384. The van der Waals surface area contributed by atoms with Crippen LogP contribution in [0.2, 0.25) is 0 Å². The van der Waals surface area contributed by atoms with Crippen molar-refractivity contribution in [3.05, 3.63) is 84.2 Å². The second-order valence-electron chi connectivity index (χ2n) is 11.2. The zero-order chi connectivity index (χ0) is 32.1. The highest BCUT2D eigenvalue weighted by Gasteiger charge is 2.30. The second-order valence-corrected chi connectivity index (χ2v) is 12.2. The molecule has 0 N–H and O–H groups in total. The Bertz CT molecular complexity index is 2150. The molecule has 0 bridgehead atoms. The van der Waals surface area contributed by atoms with Crippen LogP contribution in [-0.2, 0) is 23.1 Å². The molecule has 1 unspecified atom stereocenters. The van der Waals surface area contributed by atoms with Crippen molar-refractivity contribution in [1.82, 2.24) is 29.2 Å². The number of methoxy groups -OCH3 is 1. The lowest BCUT2D eigenvalue weighted by Crippen LogP contribution is -2.39. The summed E-state index contributed by atoms with van der Waals surface area (Å²) in [4.78, 5) is 23.9. The van der Waals surface area contributed by atoms with Crippen molar-refractivity contribution >= 4 is 38.4 Å². The van der Waals surface area contributed by atoms with E-state index in [1.807, 2.05) is 58.9 Å². The summed E-state index contributed by atoms with van der Waals surface area (Å²) in [6, 6.07) is 11.7. The molecule has 5 heterocycles. The summed E-state index contributed by atoms with van der Waals surface area (Å²) < 4.78 is 46.3. The Morgan fingerprint density at radius 3 is 2.78 bits per heavy atom. The number of hydrogen-bond donors (Lipinski definition) is 0. The third-order valence-electron chi connectivity index (χ3n) is 8.22. The first-order chi connectivity index (χ1) is 22.3. The molecule has 7 rings (SSSR count). The zero-order valence-electron chi connectivity index (χ0n) is 25.5. The number of pyridine rings is 1. The molecule has 6 aromatic rings. The molecule has 12 heteroatoms. The number of aromatic nitrogens is 5. The molecule has 0 spiro atoms. The van der Waals surface area contributed by atoms with E-state index in [-0.39, 0.29) is 36.5 Å². The molecule has 1 amide bonds. The Kier molecular flexibility index (Phi) is 7.61. The maximum absolute atomic E-state index is 16.0. The number of halogens is 2. The van der Waals surface area contributed by atoms with Gasteiger partial charge in [-0.1, -0.05) is 12.6 Å². The number of carbonyl (C=O) groups is 1. The Morgan fingerprint density at radius 2 is 1.98 bits per heavy atom. The first-order valence-electron chi connectivity index (χ1n) is 14.7. The van der Waals surface area contributed by atoms with E-state index in [2.05, 4.69) is 11.6 Å². The van der Waals surface area contributed by atoms with E-state index < -0.39 is 11.6 Å². The Balaban J connectivity index is 1.51. The lowest BCUT2D eigenvalue weighted by atomic mass is 9.96. The van der Waals surface area contributed by atoms with Gasteiger partial charge in [-0.3, -0.25) is 9.48 Å². The number of imidazole rings is 1. The topological polar surface area (TPSA) is 87.3 Å². The molecular formula is C34H30F2N6O3S. The number of aryl methyl sites for hydroxylation is 1. The first kappa shape index (κ1) is 29.8. The van der Waals surface area contributed by atoms with Gasteiger partial charge in [-0.2, -0.15) is 5.10 Å². The van der Waals surface area contributed by atoms with Crippen molar-refractivity contribution in [2.24, 2.45) is 7.05 Å². The standard InChI is InChI=1S/C34H30F2N6O3S/c1-5-29(43)41-16-19(2)42-22(17-41)15-26(39-42)33-31(30-24(36)13-21(35)14-28(30)45-10-9-44-4)34-23(8-11-46-34)32(38-33)20-6-7-25-27(12-20)40(3)18-37-25/h5-8,11-15,18-19H,1,9-10,16-17H2,2-4H3. The van der Waals surface area contributed by atoms with Crippen LogP contribution in [-0.4, -0.2) is 62.0 Å². The van der Waals surface area contributed by atoms with Crippen LogP contribution in [0.3, 0.4) is 0 Å². The Labute approximate surface area is 267 Å². The highest BCUT2D eigenvalue weighted by atomic mass is 32.1. The van der Waals surface area contributed by atoms with Gasteiger partial charge in [0.1, 0.15) is 35.4 Å². The van der Waals surface area contributed by atoms with Crippen LogP contribution in [0, 0.1) is 11.6 Å². The van der Waals surface area contributed by atoms with Crippen molar-refractivity contribution < 1.29 is 23.0 Å². The van der Waals surface area contributed by atoms with Crippen LogP contribution < -0.4 is 4.74 Å². The highest BCUT2D eigenvalue weighted by Crippen LogP contribution is 2.47. The second kappa shape index (κ2) is 11.8. The van der Waals surface area contributed by atoms with Crippen LogP contribution in [0.15, 0.2) is 66.8 Å². The van der Waals surface area contributed by atoms with Gasteiger partial charge in [-0.05, 0) is 42.6 Å². The molecule has 234 valence electrons. The molecule has 0 saturated carbocycles. The zero-order valence-corrected chi connectivity index (χ0v) is 26.3. The molecule has 46 heavy (non-hydrogen) atoms. The molecule has 1 atom stereocenters. The van der Waals surface area contributed by atoms with Crippen LogP contribution in [0.5, 0.6) is 5.75 Å². The number of carbonyl (C=O) groups excluding carboxylic acids is 1. The molecule has 0 fully saturated rings. The summed E-state index contributed by atoms with van der Waals surface area (Å²) in [5, 5.41) is 7.70. The Hall–Kier alpha value is -4.94. The molecule has 0 aliphatic carbocycles. The van der Waals surface area contributed by atoms with E-state index in [1.165, 1.54) is 30.6 Å². The summed E-state index contributed by atoms with van der Waals surface area (Å²) in [5.74, 6) is -1.67. The van der Waals surface area contributed by atoms with Crippen LogP contribution in [0.25, 0.3) is 54.9 Å². The molecule has 0 radical (unpaired) electrons. The van der Waals surface area contributed by atoms with E-state index in [9.17, 15) is 9.18 Å². The third-order valence-corrected chi connectivity index (χ3v) is 9.15. The summed E-state index contributed by atoms with van der Waals surface area (Å²) in [6.45, 7) is 6.74. The minimum Gasteiger partial charge on any atom is -0.490 e. The summed E-state index contributed by atoms with van der Waals surface area (Å²) in [7, 11) is 3.46. The highest BCUT2D eigenvalue weighted by molar-refractivity contribution is 7.18. The third kappa shape index (κ3) is 5.03. The fourth-order valence-electron chi connectivity index (χ4n) is 6.08. The average Bonchev–Trinajstić information content (AvgIpc) is 3.79. The maximum Gasteiger partial charge on any atom is 0.246 e. The molecule has 1 aliphatic rings. The number of rotatable bonds is 8. The first-order valence-corrected chi connectivity index (χ1v) is 15.6. The largest absolute Gasteiger partial charge is 0.490 e. The fourth-order valence-corrected chi connectivity index (χ4v) is 7.03. The number of nitrogens with zero attached hydrogens (tertiary/aromatic N) is 6. The molecular weight excluding hydrogens is 610 g/mol.